The molecule has 25 heavy (non-hydrogen) atoms. The predicted octanol–water partition coefficient (Wildman–Crippen LogP) is 0.756. The summed E-state index contributed by atoms with van der Waals surface area (Å²) in [5, 5.41) is 0. The zero-order valence-electron chi connectivity index (χ0n) is 14.0. The third-order valence-corrected chi connectivity index (χ3v) is 3.87. The summed E-state index contributed by atoms with van der Waals surface area (Å²) in [7, 11) is 0.466. The Morgan fingerprint density at radius 1 is 1.36 bits per heavy atom. The SMILES string of the molecule is CC(=O)OC1CCCN1C(=O)C(=O)C(Cc1ccccc1)N=CB=O. The first kappa shape index (κ1) is 18.7. The zero-order valence-corrected chi connectivity index (χ0v) is 14.0. The summed E-state index contributed by atoms with van der Waals surface area (Å²) >= 11 is 0. The van der Waals surface area contributed by atoms with Crippen LogP contribution in [0.5, 0.6) is 0 Å². The minimum absolute atomic E-state index is 0.210. The molecule has 0 aliphatic carbocycles. The fourth-order valence-corrected chi connectivity index (χ4v) is 2.76. The molecular weight excluding hydrogens is 323 g/mol. The Hall–Kier alpha value is -2.64. The van der Waals surface area contributed by atoms with E-state index in [-0.39, 0.29) is 6.42 Å². The predicted molar refractivity (Wildman–Crippen MR) is 90.4 cm³/mol. The van der Waals surface area contributed by atoms with Crippen LogP contribution in [0.4, 0.5) is 0 Å². The van der Waals surface area contributed by atoms with Crippen LogP contribution in [0, 0.1) is 0 Å². The maximum absolute atomic E-state index is 12.6. The summed E-state index contributed by atoms with van der Waals surface area (Å²) in [6, 6.07) is 8.13. The average Bonchev–Trinajstić information content (AvgIpc) is 3.05. The van der Waals surface area contributed by atoms with E-state index >= 15 is 0 Å². The summed E-state index contributed by atoms with van der Waals surface area (Å²) in [4.78, 5) is 41.5. The van der Waals surface area contributed by atoms with Crippen molar-refractivity contribution in [2.75, 3.05) is 6.54 Å². The molecule has 2 unspecified atom stereocenters. The van der Waals surface area contributed by atoms with Gasteiger partial charge in [0.05, 0.1) is 0 Å². The van der Waals surface area contributed by atoms with Gasteiger partial charge in [-0.3, -0.25) is 0 Å². The third kappa shape index (κ3) is 5.17. The van der Waals surface area contributed by atoms with E-state index in [0.29, 0.717) is 26.5 Å². The van der Waals surface area contributed by atoms with E-state index in [0.717, 1.165) is 11.7 Å². The standard InChI is InChI=1S/C17H19BN2O5/c1-12(21)25-15-8-5-9-20(15)17(23)16(22)14(19-11-18-24)10-13-6-3-2-4-7-13/h2-4,6-7,11,14-15H,5,8-10H2,1H3. The van der Waals surface area contributed by atoms with Crippen molar-refractivity contribution in [3.05, 3.63) is 35.9 Å². The van der Waals surface area contributed by atoms with Crippen LogP contribution in [0.15, 0.2) is 35.3 Å². The monoisotopic (exact) mass is 342 g/mol. The number of carbonyl (C=O) groups excluding carboxylic acids is 3. The molecule has 1 aliphatic heterocycles. The van der Waals surface area contributed by atoms with Crippen LogP contribution in [0.1, 0.15) is 25.3 Å². The molecule has 2 rings (SSSR count). The van der Waals surface area contributed by atoms with E-state index in [9.17, 15) is 19.1 Å². The van der Waals surface area contributed by atoms with Gasteiger partial charge in [-0.05, 0) is 0 Å². The van der Waals surface area contributed by atoms with Crippen LogP contribution < -0.4 is 0 Å². The molecule has 1 aromatic carbocycles. The van der Waals surface area contributed by atoms with Crippen molar-refractivity contribution < 1.29 is 23.8 Å². The van der Waals surface area contributed by atoms with Gasteiger partial charge < -0.3 is 0 Å². The summed E-state index contributed by atoms with van der Waals surface area (Å²) in [5.41, 5.74) is 0.828. The van der Waals surface area contributed by atoms with Crippen molar-refractivity contribution in [1.29, 1.82) is 0 Å². The number of amides is 1. The van der Waals surface area contributed by atoms with E-state index in [1.54, 1.807) is 0 Å². The number of benzene rings is 1. The van der Waals surface area contributed by atoms with Gasteiger partial charge in [-0.25, -0.2) is 0 Å². The second kappa shape index (κ2) is 9.01. The van der Waals surface area contributed by atoms with Crippen LogP contribution >= 0.6 is 0 Å². The molecule has 1 saturated heterocycles. The first-order chi connectivity index (χ1) is 12.0. The van der Waals surface area contributed by atoms with Crippen LogP contribution in [0.25, 0.3) is 0 Å². The third-order valence-electron chi connectivity index (χ3n) is 3.87. The molecule has 1 amide bonds. The van der Waals surface area contributed by atoms with Gasteiger partial charge in [0, 0.05) is 0 Å². The van der Waals surface area contributed by atoms with E-state index in [2.05, 4.69) is 4.99 Å². The van der Waals surface area contributed by atoms with E-state index in [1.165, 1.54) is 11.8 Å². The number of ether oxygens (including phenoxy) is 1. The normalized spacial score (nSPS) is 18.0. The molecule has 0 N–H and O–H groups in total. The molecule has 0 bridgehead atoms. The van der Waals surface area contributed by atoms with Gasteiger partial charge in [-0.2, -0.15) is 0 Å². The zero-order chi connectivity index (χ0) is 18.2. The van der Waals surface area contributed by atoms with Crippen LogP contribution in [-0.2, 0) is 30.2 Å². The fourth-order valence-electron chi connectivity index (χ4n) is 2.76. The number of Topliss-reactive ketones (excluding diaryl/α,β-unsaturated/α-hetero) is 1. The summed E-state index contributed by atoms with van der Waals surface area (Å²) in [6.45, 7) is 1.60. The molecule has 7 nitrogen and oxygen atoms in total. The summed E-state index contributed by atoms with van der Waals surface area (Å²) in [6.07, 6.45) is 1.62. The average molecular weight is 342 g/mol. The minimum atomic E-state index is -0.987. The molecule has 8 heteroatoms. The molecule has 1 aliphatic rings. The van der Waals surface area contributed by atoms with Crippen molar-refractivity contribution in [3.63, 3.8) is 0 Å². The van der Waals surface area contributed by atoms with Crippen LogP contribution in [0.2, 0.25) is 0 Å². The number of hydrogen-bond donors (Lipinski definition) is 0. The van der Waals surface area contributed by atoms with Gasteiger partial charge in [0.1, 0.15) is 0 Å². The molecule has 1 heterocycles. The quantitative estimate of drug-likeness (QED) is 0.316. The number of ketones is 1. The van der Waals surface area contributed by atoms with Crippen LogP contribution in [0.3, 0.4) is 0 Å². The van der Waals surface area contributed by atoms with Gasteiger partial charge >= 0.3 is 146 Å². The van der Waals surface area contributed by atoms with Crippen molar-refractivity contribution in [2.45, 2.75) is 38.5 Å². The first-order valence-corrected chi connectivity index (χ1v) is 8.06. The Morgan fingerprint density at radius 3 is 2.72 bits per heavy atom. The Kier molecular flexibility index (Phi) is 6.74. The molecule has 1 aromatic rings. The van der Waals surface area contributed by atoms with Gasteiger partial charge in [-0.15, -0.1) is 0 Å². The van der Waals surface area contributed by atoms with Crippen LogP contribution in [-0.4, -0.2) is 54.6 Å². The number of aliphatic imine (C=N–C) groups is 1. The molecule has 130 valence electrons. The molecule has 0 radical (unpaired) electrons. The Bertz CT molecular complexity index is 677. The van der Waals surface area contributed by atoms with Crippen molar-refractivity contribution in [1.82, 2.24) is 4.90 Å². The maximum atomic E-state index is 12.6. The van der Waals surface area contributed by atoms with Gasteiger partial charge in [-0.1, -0.05) is 0 Å². The first-order valence-electron chi connectivity index (χ1n) is 8.06. The number of hydrogen-bond acceptors (Lipinski definition) is 6. The number of esters is 1. The van der Waals surface area contributed by atoms with E-state index in [4.69, 9.17) is 4.74 Å². The molecule has 0 aromatic heterocycles. The number of nitrogens with zero attached hydrogens (tertiary/aromatic N) is 2. The van der Waals surface area contributed by atoms with Gasteiger partial charge in [0.15, 0.2) is 0 Å². The van der Waals surface area contributed by atoms with Crippen molar-refractivity contribution in [3.8, 4) is 0 Å². The number of rotatable bonds is 7. The molecule has 0 spiro atoms. The molecular formula is C17H19BN2O5. The summed E-state index contributed by atoms with van der Waals surface area (Å²) < 4.78 is 15.7. The molecule has 2 atom stereocenters. The van der Waals surface area contributed by atoms with Crippen molar-refractivity contribution >= 4 is 30.9 Å². The Morgan fingerprint density at radius 2 is 2.08 bits per heavy atom. The second-order valence-electron chi connectivity index (χ2n) is 5.71. The number of likely N-dealkylation sites (tertiary alicyclic amines) is 1. The van der Waals surface area contributed by atoms with Gasteiger partial charge in [0.25, 0.3) is 0 Å². The molecule has 0 saturated carbocycles. The Labute approximate surface area is 146 Å². The fraction of sp³-hybridized carbons (Fsp3) is 0.412. The Balaban J connectivity index is 2.14. The summed E-state index contributed by atoms with van der Waals surface area (Å²) in [5.74, 6) is -1.97. The topological polar surface area (TPSA) is 93.1 Å². The van der Waals surface area contributed by atoms with E-state index in [1.807, 2.05) is 30.3 Å². The number of carbonyl (C=O) groups is 3. The van der Waals surface area contributed by atoms with E-state index < -0.39 is 29.9 Å². The molecule has 1 fully saturated rings. The second-order valence-corrected chi connectivity index (χ2v) is 5.71. The van der Waals surface area contributed by atoms with Crippen molar-refractivity contribution in [2.24, 2.45) is 4.99 Å². The van der Waals surface area contributed by atoms with Gasteiger partial charge in [0.2, 0.25) is 0 Å².